The van der Waals surface area contributed by atoms with Crippen molar-refractivity contribution in [1.29, 1.82) is 0 Å². The van der Waals surface area contributed by atoms with Crippen molar-refractivity contribution < 1.29 is 4.79 Å². The zero-order chi connectivity index (χ0) is 16.7. The van der Waals surface area contributed by atoms with Crippen molar-refractivity contribution in [2.24, 2.45) is 5.73 Å². The topological polar surface area (TPSA) is 69.1 Å². The van der Waals surface area contributed by atoms with Crippen LogP contribution >= 0.6 is 0 Å². The van der Waals surface area contributed by atoms with Crippen LogP contribution < -0.4 is 11.5 Å². The highest BCUT2D eigenvalue weighted by molar-refractivity contribution is 5.92. The van der Waals surface area contributed by atoms with E-state index >= 15 is 0 Å². The average Bonchev–Trinajstić information content (AvgIpc) is 2.53. The van der Waals surface area contributed by atoms with Crippen molar-refractivity contribution in [3.05, 3.63) is 65.7 Å². The first-order valence-corrected chi connectivity index (χ1v) is 7.26. The molecule has 0 spiro atoms. The summed E-state index contributed by atoms with van der Waals surface area (Å²) in [7, 11) is 0. The molecular formula is C18H28N2O. The first-order valence-electron chi connectivity index (χ1n) is 7.26. The van der Waals surface area contributed by atoms with E-state index in [1.54, 1.807) is 24.3 Å². The monoisotopic (exact) mass is 288 g/mol. The first kappa shape index (κ1) is 21.0. The fraction of sp³-hybridized carbons (Fsp3) is 0.278. The number of aryl methyl sites for hydroxylation is 1. The molecule has 21 heavy (non-hydrogen) atoms. The number of amides is 1. The summed E-state index contributed by atoms with van der Waals surface area (Å²) in [5.41, 5.74) is 12.8. The minimum atomic E-state index is -0.431. The van der Waals surface area contributed by atoms with E-state index in [-0.39, 0.29) is 0 Å². The molecule has 4 N–H and O–H groups in total. The number of nitrogen functional groups attached to an aromatic ring is 1. The quantitative estimate of drug-likeness (QED) is 0.763. The Kier molecular flexibility index (Phi) is 14.1. The van der Waals surface area contributed by atoms with E-state index in [1.807, 2.05) is 45.9 Å². The van der Waals surface area contributed by atoms with Crippen LogP contribution in [0.3, 0.4) is 0 Å². The number of rotatable bonds is 1. The van der Waals surface area contributed by atoms with Crippen LogP contribution in [0.15, 0.2) is 54.6 Å². The van der Waals surface area contributed by atoms with Crippen LogP contribution in [0.5, 0.6) is 0 Å². The molecule has 2 rings (SSSR count). The molecule has 3 heteroatoms. The number of carbonyl (C=O) groups excluding carboxylic acids is 1. The third-order valence-electron chi connectivity index (χ3n) is 2.14. The molecule has 2 aromatic rings. The Morgan fingerprint density at radius 2 is 1.24 bits per heavy atom. The lowest BCUT2D eigenvalue weighted by molar-refractivity contribution is 0.100. The summed E-state index contributed by atoms with van der Waals surface area (Å²) in [6, 6.07) is 16.7. The zero-order valence-electron chi connectivity index (χ0n) is 13.8. The molecule has 0 fully saturated rings. The minimum absolute atomic E-state index is 0.431. The smallest absolute Gasteiger partial charge is 0.248 e. The number of carbonyl (C=O) groups is 1. The summed E-state index contributed by atoms with van der Waals surface area (Å²) in [5.74, 6) is -0.431. The third kappa shape index (κ3) is 11.3. The lowest BCUT2D eigenvalue weighted by Gasteiger charge is -1.93. The van der Waals surface area contributed by atoms with Crippen LogP contribution in [0.2, 0.25) is 0 Å². The van der Waals surface area contributed by atoms with Gasteiger partial charge in [-0.05, 0) is 31.2 Å². The maximum atomic E-state index is 10.5. The normalized spacial score (nSPS) is 7.86. The Morgan fingerprint density at radius 1 is 0.810 bits per heavy atom. The van der Waals surface area contributed by atoms with Gasteiger partial charge in [0, 0.05) is 11.3 Å². The standard InChI is InChI=1S/C7H8N2O.C7H8.2C2H6/c8-6-3-1-5(2-4-6)7(9)10;1-7-5-3-2-4-6-7;2*1-2/h1-4H,8H2,(H2,9,10);2-6H,1H3;2*1-2H3. The first-order chi connectivity index (χ1) is 10.1. The third-order valence-corrected chi connectivity index (χ3v) is 2.14. The van der Waals surface area contributed by atoms with Crippen molar-refractivity contribution >= 4 is 11.6 Å². The SMILES string of the molecule is CC.CC.Cc1ccccc1.NC(=O)c1ccc(N)cc1. The van der Waals surface area contributed by atoms with E-state index in [0.717, 1.165) is 0 Å². The van der Waals surface area contributed by atoms with Crippen LogP contribution in [0, 0.1) is 6.92 Å². The molecule has 1 amide bonds. The van der Waals surface area contributed by atoms with Crippen LogP contribution in [0.4, 0.5) is 5.69 Å². The van der Waals surface area contributed by atoms with Crippen LogP contribution in [-0.4, -0.2) is 5.91 Å². The molecular weight excluding hydrogens is 260 g/mol. The van der Waals surface area contributed by atoms with Crippen molar-refractivity contribution in [2.75, 3.05) is 5.73 Å². The predicted octanol–water partition coefficient (Wildman–Crippen LogP) is 4.42. The van der Waals surface area contributed by atoms with Crippen molar-refractivity contribution in [3.63, 3.8) is 0 Å². The molecule has 0 radical (unpaired) electrons. The summed E-state index contributed by atoms with van der Waals surface area (Å²) in [4.78, 5) is 10.5. The van der Waals surface area contributed by atoms with Gasteiger partial charge in [-0.15, -0.1) is 0 Å². The number of nitrogens with two attached hydrogens (primary N) is 2. The fourth-order valence-electron chi connectivity index (χ4n) is 1.18. The fourth-order valence-corrected chi connectivity index (χ4v) is 1.18. The van der Waals surface area contributed by atoms with E-state index in [9.17, 15) is 4.79 Å². The van der Waals surface area contributed by atoms with E-state index in [2.05, 4.69) is 19.1 Å². The van der Waals surface area contributed by atoms with Gasteiger partial charge in [-0.3, -0.25) is 4.79 Å². The highest BCUT2D eigenvalue weighted by atomic mass is 16.1. The molecule has 0 aliphatic carbocycles. The Bertz CT molecular complexity index is 464. The Labute approximate surface area is 129 Å². The number of hydrogen-bond donors (Lipinski definition) is 2. The van der Waals surface area contributed by atoms with Gasteiger partial charge in [0.1, 0.15) is 0 Å². The summed E-state index contributed by atoms with van der Waals surface area (Å²) >= 11 is 0. The van der Waals surface area contributed by atoms with E-state index in [0.29, 0.717) is 11.3 Å². The summed E-state index contributed by atoms with van der Waals surface area (Å²) in [5, 5.41) is 0. The lowest BCUT2D eigenvalue weighted by Crippen LogP contribution is -2.10. The Morgan fingerprint density at radius 3 is 1.52 bits per heavy atom. The van der Waals surface area contributed by atoms with Crippen LogP contribution in [0.1, 0.15) is 43.6 Å². The molecule has 0 aliphatic rings. The number of primary amides is 1. The molecule has 0 heterocycles. The van der Waals surface area contributed by atoms with Gasteiger partial charge in [-0.25, -0.2) is 0 Å². The van der Waals surface area contributed by atoms with Crippen LogP contribution in [-0.2, 0) is 0 Å². The minimum Gasteiger partial charge on any atom is -0.399 e. The lowest BCUT2D eigenvalue weighted by atomic mass is 10.2. The molecule has 0 aromatic heterocycles. The number of hydrogen-bond acceptors (Lipinski definition) is 2. The van der Waals surface area contributed by atoms with E-state index < -0.39 is 5.91 Å². The second kappa shape index (κ2) is 14.1. The molecule has 3 nitrogen and oxygen atoms in total. The average molecular weight is 288 g/mol. The van der Waals surface area contributed by atoms with Gasteiger partial charge in [0.25, 0.3) is 0 Å². The maximum Gasteiger partial charge on any atom is 0.248 e. The van der Waals surface area contributed by atoms with Gasteiger partial charge >= 0.3 is 0 Å². The van der Waals surface area contributed by atoms with Crippen molar-refractivity contribution in [1.82, 2.24) is 0 Å². The molecule has 0 saturated carbocycles. The summed E-state index contributed by atoms with van der Waals surface area (Å²) in [6.45, 7) is 10.1. The molecule has 0 unspecified atom stereocenters. The number of anilines is 1. The van der Waals surface area contributed by atoms with Crippen molar-refractivity contribution in [3.8, 4) is 0 Å². The molecule has 0 aliphatic heterocycles. The maximum absolute atomic E-state index is 10.5. The highest BCUT2D eigenvalue weighted by Crippen LogP contribution is 2.03. The van der Waals surface area contributed by atoms with Gasteiger partial charge in [-0.1, -0.05) is 63.6 Å². The molecule has 0 saturated heterocycles. The van der Waals surface area contributed by atoms with Gasteiger partial charge in [0.15, 0.2) is 0 Å². The van der Waals surface area contributed by atoms with Gasteiger partial charge in [0.2, 0.25) is 5.91 Å². The Hall–Kier alpha value is -2.29. The largest absolute Gasteiger partial charge is 0.399 e. The van der Waals surface area contributed by atoms with E-state index in [1.165, 1.54) is 5.56 Å². The second-order valence-electron chi connectivity index (χ2n) is 3.64. The highest BCUT2D eigenvalue weighted by Gasteiger charge is 1.96. The second-order valence-corrected chi connectivity index (χ2v) is 3.64. The van der Waals surface area contributed by atoms with Crippen molar-refractivity contribution in [2.45, 2.75) is 34.6 Å². The molecule has 2 aromatic carbocycles. The summed E-state index contributed by atoms with van der Waals surface area (Å²) in [6.07, 6.45) is 0. The zero-order valence-corrected chi connectivity index (χ0v) is 13.8. The predicted molar refractivity (Wildman–Crippen MR) is 93.2 cm³/mol. The van der Waals surface area contributed by atoms with Gasteiger partial charge < -0.3 is 11.5 Å². The Balaban J connectivity index is 0. The van der Waals surface area contributed by atoms with Gasteiger partial charge in [-0.2, -0.15) is 0 Å². The summed E-state index contributed by atoms with van der Waals surface area (Å²) < 4.78 is 0. The van der Waals surface area contributed by atoms with E-state index in [4.69, 9.17) is 11.5 Å². The van der Waals surface area contributed by atoms with Gasteiger partial charge in [0.05, 0.1) is 0 Å². The molecule has 0 atom stereocenters. The number of benzene rings is 2. The van der Waals surface area contributed by atoms with Crippen LogP contribution in [0.25, 0.3) is 0 Å². The molecule has 116 valence electrons. The molecule has 0 bridgehead atoms.